The molecule has 1 aliphatic heterocycles. The molecule has 1 N–H and O–H groups in total. The van der Waals surface area contributed by atoms with Crippen LogP contribution in [0.2, 0.25) is 0 Å². The minimum absolute atomic E-state index is 0.725. The number of ether oxygens (including phenoxy) is 1. The summed E-state index contributed by atoms with van der Waals surface area (Å²) in [7, 11) is 0. The zero-order chi connectivity index (χ0) is 13.5. The molecule has 1 heterocycles. The molecule has 1 fully saturated rings. The maximum atomic E-state index is 5.43. The first-order valence-corrected chi connectivity index (χ1v) is 7.47. The Labute approximate surface area is 116 Å². The fraction of sp³-hybridized carbons (Fsp3) is 0.625. The average molecular weight is 262 g/mol. The lowest BCUT2D eigenvalue weighted by Gasteiger charge is -2.31. The van der Waals surface area contributed by atoms with Crippen molar-refractivity contribution in [2.75, 3.05) is 43.1 Å². The first-order chi connectivity index (χ1) is 9.31. The van der Waals surface area contributed by atoms with Crippen LogP contribution in [-0.4, -0.2) is 32.8 Å². The number of nitrogens with zero attached hydrogens (tertiary/aromatic N) is 1. The molecule has 2 rings (SSSR count). The number of para-hydroxylation sites is 2. The minimum atomic E-state index is 0.725. The molecule has 1 saturated heterocycles. The summed E-state index contributed by atoms with van der Waals surface area (Å²) in [5.41, 5.74) is 2.57. The summed E-state index contributed by atoms with van der Waals surface area (Å²) in [5.74, 6) is 0.725. The highest BCUT2D eigenvalue weighted by atomic mass is 16.5. The third-order valence-electron chi connectivity index (χ3n) is 3.68. The molecule has 1 aliphatic rings. The highest BCUT2D eigenvalue weighted by Gasteiger charge is 2.14. The van der Waals surface area contributed by atoms with Gasteiger partial charge in [-0.1, -0.05) is 32.4 Å². The molecule has 3 nitrogen and oxygen atoms in total. The number of rotatable bonds is 6. The highest BCUT2D eigenvalue weighted by Crippen LogP contribution is 2.26. The Kier molecular flexibility index (Phi) is 5.52. The van der Waals surface area contributed by atoms with Crippen LogP contribution in [0.15, 0.2) is 24.3 Å². The quantitative estimate of drug-likeness (QED) is 0.850. The SMILES string of the molecule is CCCC(C)CNc1ccccc1N1CCOCC1. The molecule has 0 aliphatic carbocycles. The second-order valence-corrected chi connectivity index (χ2v) is 5.39. The summed E-state index contributed by atoms with van der Waals surface area (Å²) < 4.78 is 5.43. The molecule has 1 atom stereocenters. The van der Waals surface area contributed by atoms with Gasteiger partial charge in [-0.3, -0.25) is 0 Å². The predicted octanol–water partition coefficient (Wildman–Crippen LogP) is 3.37. The molecule has 19 heavy (non-hydrogen) atoms. The second kappa shape index (κ2) is 7.39. The topological polar surface area (TPSA) is 24.5 Å². The lowest BCUT2D eigenvalue weighted by molar-refractivity contribution is 0.123. The maximum absolute atomic E-state index is 5.43. The van der Waals surface area contributed by atoms with E-state index in [2.05, 4.69) is 48.3 Å². The van der Waals surface area contributed by atoms with Crippen LogP contribution >= 0.6 is 0 Å². The maximum Gasteiger partial charge on any atom is 0.0642 e. The minimum Gasteiger partial charge on any atom is -0.383 e. The molecule has 0 amide bonds. The van der Waals surface area contributed by atoms with Gasteiger partial charge >= 0.3 is 0 Å². The highest BCUT2D eigenvalue weighted by molar-refractivity contribution is 5.70. The van der Waals surface area contributed by atoms with E-state index in [-0.39, 0.29) is 0 Å². The third kappa shape index (κ3) is 4.13. The Morgan fingerprint density at radius 1 is 1.26 bits per heavy atom. The smallest absolute Gasteiger partial charge is 0.0642 e. The van der Waals surface area contributed by atoms with Gasteiger partial charge < -0.3 is 15.0 Å². The van der Waals surface area contributed by atoms with E-state index in [1.54, 1.807) is 0 Å². The first-order valence-electron chi connectivity index (χ1n) is 7.47. The molecule has 0 spiro atoms. The molecule has 1 aromatic rings. The van der Waals surface area contributed by atoms with Crippen molar-refractivity contribution in [2.24, 2.45) is 5.92 Å². The van der Waals surface area contributed by atoms with E-state index in [1.165, 1.54) is 24.2 Å². The van der Waals surface area contributed by atoms with E-state index < -0.39 is 0 Å². The molecule has 0 bridgehead atoms. The fourth-order valence-corrected chi connectivity index (χ4v) is 2.58. The van der Waals surface area contributed by atoms with Gasteiger partial charge in [0, 0.05) is 19.6 Å². The van der Waals surface area contributed by atoms with Crippen LogP contribution in [0.3, 0.4) is 0 Å². The Morgan fingerprint density at radius 3 is 2.74 bits per heavy atom. The van der Waals surface area contributed by atoms with Gasteiger partial charge in [-0.05, 0) is 24.5 Å². The van der Waals surface area contributed by atoms with Gasteiger partial charge in [0.2, 0.25) is 0 Å². The number of anilines is 2. The van der Waals surface area contributed by atoms with Gasteiger partial charge in [-0.25, -0.2) is 0 Å². The second-order valence-electron chi connectivity index (χ2n) is 5.39. The van der Waals surface area contributed by atoms with Crippen molar-refractivity contribution in [3.63, 3.8) is 0 Å². The van der Waals surface area contributed by atoms with Crippen LogP contribution in [0.4, 0.5) is 11.4 Å². The van der Waals surface area contributed by atoms with Gasteiger partial charge in [0.15, 0.2) is 0 Å². The van der Waals surface area contributed by atoms with Crippen LogP contribution in [-0.2, 0) is 4.74 Å². The van der Waals surface area contributed by atoms with Gasteiger partial charge in [0.05, 0.1) is 24.6 Å². The van der Waals surface area contributed by atoms with Gasteiger partial charge in [-0.15, -0.1) is 0 Å². The molecular formula is C16H26N2O. The molecule has 0 saturated carbocycles. The van der Waals surface area contributed by atoms with E-state index in [9.17, 15) is 0 Å². The van der Waals surface area contributed by atoms with Gasteiger partial charge in [0.1, 0.15) is 0 Å². The molecule has 106 valence electrons. The molecule has 1 aromatic carbocycles. The Morgan fingerprint density at radius 2 is 2.00 bits per heavy atom. The number of hydrogen-bond donors (Lipinski definition) is 1. The summed E-state index contributed by atoms with van der Waals surface area (Å²) in [5, 5.41) is 3.61. The standard InChI is InChI=1S/C16H26N2O/c1-3-6-14(2)13-17-15-7-4-5-8-16(15)18-9-11-19-12-10-18/h4-5,7-8,14,17H,3,6,9-13H2,1-2H3. The van der Waals surface area contributed by atoms with Crippen LogP contribution in [0.25, 0.3) is 0 Å². The van der Waals surface area contributed by atoms with Crippen molar-refractivity contribution in [1.82, 2.24) is 0 Å². The fourth-order valence-electron chi connectivity index (χ4n) is 2.58. The normalized spacial score (nSPS) is 17.3. The number of nitrogens with one attached hydrogen (secondary N) is 1. The van der Waals surface area contributed by atoms with E-state index >= 15 is 0 Å². The zero-order valence-corrected chi connectivity index (χ0v) is 12.2. The Bertz CT molecular complexity index is 375. The lowest BCUT2D eigenvalue weighted by atomic mass is 10.1. The first kappa shape index (κ1) is 14.2. The van der Waals surface area contributed by atoms with E-state index in [4.69, 9.17) is 4.74 Å². The predicted molar refractivity (Wildman–Crippen MR) is 82.0 cm³/mol. The summed E-state index contributed by atoms with van der Waals surface area (Å²) in [4.78, 5) is 2.41. The average Bonchev–Trinajstić information content (AvgIpc) is 2.47. The molecule has 0 aromatic heterocycles. The molecular weight excluding hydrogens is 236 g/mol. The Hall–Kier alpha value is -1.22. The number of morpholine rings is 1. The van der Waals surface area contributed by atoms with Crippen molar-refractivity contribution >= 4 is 11.4 Å². The summed E-state index contributed by atoms with van der Waals surface area (Å²) in [6.45, 7) is 9.26. The third-order valence-corrected chi connectivity index (χ3v) is 3.68. The summed E-state index contributed by atoms with van der Waals surface area (Å²) in [6, 6.07) is 8.61. The van der Waals surface area contributed by atoms with Crippen molar-refractivity contribution in [1.29, 1.82) is 0 Å². The summed E-state index contributed by atoms with van der Waals surface area (Å²) in [6.07, 6.45) is 2.54. The van der Waals surface area contributed by atoms with Crippen LogP contribution in [0.1, 0.15) is 26.7 Å². The Balaban J connectivity index is 1.99. The van der Waals surface area contributed by atoms with Crippen LogP contribution in [0.5, 0.6) is 0 Å². The monoisotopic (exact) mass is 262 g/mol. The van der Waals surface area contributed by atoms with Crippen molar-refractivity contribution in [2.45, 2.75) is 26.7 Å². The van der Waals surface area contributed by atoms with Crippen molar-refractivity contribution in [3.8, 4) is 0 Å². The molecule has 0 radical (unpaired) electrons. The number of benzene rings is 1. The lowest BCUT2D eigenvalue weighted by Crippen LogP contribution is -2.36. The van der Waals surface area contributed by atoms with Crippen LogP contribution < -0.4 is 10.2 Å². The molecule has 1 unspecified atom stereocenters. The van der Waals surface area contributed by atoms with Crippen LogP contribution in [0, 0.1) is 5.92 Å². The molecule has 3 heteroatoms. The largest absolute Gasteiger partial charge is 0.383 e. The van der Waals surface area contributed by atoms with Gasteiger partial charge in [-0.2, -0.15) is 0 Å². The zero-order valence-electron chi connectivity index (χ0n) is 12.2. The van der Waals surface area contributed by atoms with Crippen molar-refractivity contribution in [3.05, 3.63) is 24.3 Å². The van der Waals surface area contributed by atoms with E-state index in [0.717, 1.165) is 38.8 Å². The van der Waals surface area contributed by atoms with E-state index in [0.29, 0.717) is 0 Å². The summed E-state index contributed by atoms with van der Waals surface area (Å²) >= 11 is 0. The van der Waals surface area contributed by atoms with Gasteiger partial charge in [0.25, 0.3) is 0 Å². The van der Waals surface area contributed by atoms with Crippen molar-refractivity contribution < 1.29 is 4.74 Å². The van der Waals surface area contributed by atoms with E-state index in [1.807, 2.05) is 0 Å². The number of hydrogen-bond acceptors (Lipinski definition) is 3.